The predicted octanol–water partition coefficient (Wildman–Crippen LogP) is 8.74. The zero-order valence-electron chi connectivity index (χ0n) is 21.6. The first-order valence-corrected chi connectivity index (χ1v) is 14.4. The van der Waals surface area contributed by atoms with E-state index in [2.05, 4.69) is 44.2 Å². The molecule has 0 radical (unpaired) electrons. The minimum absolute atomic E-state index is 0.305. The van der Waals surface area contributed by atoms with Gasteiger partial charge in [0.1, 0.15) is 5.78 Å². The molecule has 0 N–H and O–H groups in total. The Kier molecular flexibility index (Phi) is 12.0. The number of Topliss-reactive ketones (excluding diaryl/α,β-unsaturated/α-hetero) is 1. The Morgan fingerprint density at radius 2 is 1.73 bits per heavy atom. The lowest BCUT2D eigenvalue weighted by atomic mass is 9.69. The van der Waals surface area contributed by atoms with Crippen molar-refractivity contribution >= 4 is 5.78 Å². The lowest BCUT2D eigenvalue weighted by molar-refractivity contribution is -0.125. The quantitative estimate of drug-likeness (QED) is 0.263. The number of ether oxygens (including phenoxy) is 1. The highest BCUT2D eigenvalue weighted by Gasteiger charge is 2.33. The van der Waals surface area contributed by atoms with E-state index in [4.69, 9.17) is 4.74 Å². The molecule has 2 nitrogen and oxygen atoms in total. The Balaban J connectivity index is 1.59. The smallest absolute Gasteiger partial charge is 0.136 e. The van der Waals surface area contributed by atoms with Gasteiger partial charge in [0.25, 0.3) is 0 Å². The lowest BCUT2D eigenvalue weighted by Gasteiger charge is -2.35. The van der Waals surface area contributed by atoms with Crippen molar-refractivity contribution in [3.63, 3.8) is 0 Å². The predicted molar refractivity (Wildman–Crippen MR) is 140 cm³/mol. The van der Waals surface area contributed by atoms with Gasteiger partial charge in [0.2, 0.25) is 0 Å². The Hall–Kier alpha value is -1.15. The summed E-state index contributed by atoms with van der Waals surface area (Å²) in [6, 6.07) is 11.2. The molecule has 33 heavy (non-hydrogen) atoms. The standard InChI is InChI=1S/C31H50O2/c1-3-5-6-10-17-30(27-13-8-7-9-14-27)28-15-11-16-29(24-28)31(32)23-26(12-4-2)22-25-18-20-33-21-19-25/h7-9,13-14,25-26,28-30H,3-6,10-12,15-24H2,1-2H3. The molecule has 4 atom stereocenters. The van der Waals surface area contributed by atoms with Crippen LogP contribution in [-0.4, -0.2) is 19.0 Å². The van der Waals surface area contributed by atoms with E-state index >= 15 is 0 Å². The molecule has 1 saturated heterocycles. The zero-order valence-corrected chi connectivity index (χ0v) is 21.6. The topological polar surface area (TPSA) is 26.3 Å². The third-order valence-electron chi connectivity index (χ3n) is 8.53. The lowest BCUT2D eigenvalue weighted by Crippen LogP contribution is -2.28. The van der Waals surface area contributed by atoms with Crippen molar-refractivity contribution in [2.75, 3.05) is 13.2 Å². The fraction of sp³-hybridized carbons (Fsp3) is 0.774. The van der Waals surface area contributed by atoms with Crippen molar-refractivity contribution < 1.29 is 9.53 Å². The van der Waals surface area contributed by atoms with E-state index in [0.717, 1.165) is 38.4 Å². The van der Waals surface area contributed by atoms with Gasteiger partial charge in [-0.05, 0) is 74.2 Å². The number of ketones is 1. The summed E-state index contributed by atoms with van der Waals surface area (Å²) < 4.78 is 5.56. The largest absolute Gasteiger partial charge is 0.381 e. The summed E-state index contributed by atoms with van der Waals surface area (Å²) >= 11 is 0. The summed E-state index contributed by atoms with van der Waals surface area (Å²) in [7, 11) is 0. The Bertz CT molecular complexity index is 648. The molecular weight excluding hydrogens is 404 g/mol. The van der Waals surface area contributed by atoms with Crippen LogP contribution in [0.15, 0.2) is 30.3 Å². The molecule has 1 aromatic rings. The van der Waals surface area contributed by atoms with Crippen LogP contribution in [0.5, 0.6) is 0 Å². The molecular formula is C31H50O2. The van der Waals surface area contributed by atoms with Gasteiger partial charge in [-0.3, -0.25) is 4.79 Å². The van der Waals surface area contributed by atoms with Crippen molar-refractivity contribution in [3.05, 3.63) is 35.9 Å². The summed E-state index contributed by atoms with van der Waals surface area (Å²) in [4.78, 5) is 13.5. The summed E-state index contributed by atoms with van der Waals surface area (Å²) in [6.07, 6.45) is 18.3. The Labute approximate surface area is 204 Å². The van der Waals surface area contributed by atoms with Crippen LogP contribution >= 0.6 is 0 Å². The maximum Gasteiger partial charge on any atom is 0.136 e. The van der Waals surface area contributed by atoms with Crippen LogP contribution in [0.25, 0.3) is 0 Å². The number of unbranched alkanes of at least 4 members (excludes halogenated alkanes) is 3. The molecule has 2 fully saturated rings. The van der Waals surface area contributed by atoms with Crippen LogP contribution < -0.4 is 0 Å². The normalized spacial score (nSPS) is 23.8. The van der Waals surface area contributed by atoms with Crippen LogP contribution in [0.1, 0.15) is 122 Å². The van der Waals surface area contributed by atoms with Gasteiger partial charge in [0.05, 0.1) is 0 Å². The van der Waals surface area contributed by atoms with Crippen molar-refractivity contribution in [1.29, 1.82) is 0 Å². The van der Waals surface area contributed by atoms with E-state index in [9.17, 15) is 4.79 Å². The average molecular weight is 455 g/mol. The summed E-state index contributed by atoms with van der Waals surface area (Å²) in [5.74, 6) is 3.56. The second kappa shape index (κ2) is 15.0. The monoisotopic (exact) mass is 454 g/mol. The third kappa shape index (κ3) is 8.85. The van der Waals surface area contributed by atoms with Crippen molar-refractivity contribution in [2.45, 2.75) is 116 Å². The summed E-state index contributed by atoms with van der Waals surface area (Å²) in [6.45, 7) is 6.41. The van der Waals surface area contributed by atoms with E-state index in [1.165, 1.54) is 82.6 Å². The van der Waals surface area contributed by atoms with E-state index in [-0.39, 0.29) is 0 Å². The molecule has 1 saturated carbocycles. The number of hydrogen-bond donors (Lipinski definition) is 0. The molecule has 0 amide bonds. The number of benzene rings is 1. The van der Waals surface area contributed by atoms with Crippen LogP contribution in [0.4, 0.5) is 0 Å². The molecule has 1 aliphatic heterocycles. The first-order valence-electron chi connectivity index (χ1n) is 14.4. The van der Waals surface area contributed by atoms with Gasteiger partial charge >= 0.3 is 0 Å². The van der Waals surface area contributed by atoms with Crippen LogP contribution in [0, 0.1) is 23.7 Å². The highest BCUT2D eigenvalue weighted by atomic mass is 16.5. The Morgan fingerprint density at radius 3 is 2.45 bits per heavy atom. The van der Waals surface area contributed by atoms with Gasteiger partial charge < -0.3 is 4.74 Å². The third-order valence-corrected chi connectivity index (χ3v) is 8.53. The van der Waals surface area contributed by atoms with E-state index in [1.807, 2.05) is 0 Å². The fourth-order valence-electron chi connectivity index (χ4n) is 6.67. The first-order chi connectivity index (χ1) is 16.2. The first kappa shape index (κ1) is 26.5. The average Bonchev–Trinajstić information content (AvgIpc) is 2.85. The molecule has 0 aromatic heterocycles. The molecule has 186 valence electrons. The van der Waals surface area contributed by atoms with Crippen molar-refractivity contribution in [2.24, 2.45) is 23.7 Å². The number of carbonyl (C=O) groups excluding carboxylic acids is 1. The van der Waals surface area contributed by atoms with Gasteiger partial charge in [-0.2, -0.15) is 0 Å². The van der Waals surface area contributed by atoms with E-state index < -0.39 is 0 Å². The molecule has 0 bridgehead atoms. The molecule has 2 aliphatic rings. The Morgan fingerprint density at radius 1 is 0.939 bits per heavy atom. The second-order valence-corrected chi connectivity index (χ2v) is 11.1. The molecule has 1 aliphatic carbocycles. The van der Waals surface area contributed by atoms with E-state index in [1.54, 1.807) is 0 Å². The summed E-state index contributed by atoms with van der Waals surface area (Å²) in [5.41, 5.74) is 1.51. The van der Waals surface area contributed by atoms with E-state index in [0.29, 0.717) is 29.5 Å². The number of hydrogen-bond acceptors (Lipinski definition) is 2. The van der Waals surface area contributed by atoms with Gasteiger partial charge in [0.15, 0.2) is 0 Å². The maximum absolute atomic E-state index is 13.5. The zero-order chi connectivity index (χ0) is 23.3. The summed E-state index contributed by atoms with van der Waals surface area (Å²) in [5, 5.41) is 0. The minimum Gasteiger partial charge on any atom is -0.381 e. The van der Waals surface area contributed by atoms with Crippen molar-refractivity contribution in [1.82, 2.24) is 0 Å². The fourth-order valence-corrected chi connectivity index (χ4v) is 6.67. The van der Waals surface area contributed by atoms with Crippen LogP contribution in [-0.2, 0) is 9.53 Å². The number of rotatable bonds is 14. The van der Waals surface area contributed by atoms with Crippen molar-refractivity contribution in [3.8, 4) is 0 Å². The van der Waals surface area contributed by atoms with Gasteiger partial charge in [0, 0.05) is 25.6 Å². The molecule has 4 unspecified atom stereocenters. The highest BCUT2D eigenvalue weighted by molar-refractivity contribution is 5.81. The number of carbonyl (C=O) groups is 1. The molecule has 3 rings (SSSR count). The highest BCUT2D eigenvalue weighted by Crippen LogP contribution is 2.42. The maximum atomic E-state index is 13.5. The second-order valence-electron chi connectivity index (χ2n) is 11.1. The molecule has 2 heteroatoms. The van der Waals surface area contributed by atoms with Crippen LogP contribution in [0.2, 0.25) is 0 Å². The molecule has 1 heterocycles. The van der Waals surface area contributed by atoms with Gasteiger partial charge in [-0.15, -0.1) is 0 Å². The minimum atomic E-state index is 0.305. The molecule has 1 aromatic carbocycles. The van der Waals surface area contributed by atoms with Crippen LogP contribution in [0.3, 0.4) is 0 Å². The molecule has 0 spiro atoms. The van der Waals surface area contributed by atoms with Gasteiger partial charge in [-0.25, -0.2) is 0 Å². The van der Waals surface area contributed by atoms with Gasteiger partial charge in [-0.1, -0.05) is 89.1 Å². The SMILES string of the molecule is CCCCCCC(c1ccccc1)C1CCCC(C(=O)CC(CCC)CC2CCOCC2)C1.